The van der Waals surface area contributed by atoms with Gasteiger partial charge in [-0.1, -0.05) is 0 Å². The molecule has 0 N–H and O–H groups in total. The van der Waals surface area contributed by atoms with E-state index in [1.165, 1.54) is 18.4 Å². The first kappa shape index (κ1) is 15.8. The van der Waals surface area contributed by atoms with Gasteiger partial charge in [0.1, 0.15) is 4.88 Å². The smallest absolute Gasteiger partial charge is 0.350 e. The quantitative estimate of drug-likeness (QED) is 0.800. The number of aryl methyl sites for hydroxylation is 1. The maximum atomic E-state index is 12.0. The highest BCUT2D eigenvalue weighted by Crippen LogP contribution is 2.39. The van der Waals surface area contributed by atoms with Crippen molar-refractivity contribution in [3.63, 3.8) is 0 Å². The van der Waals surface area contributed by atoms with Gasteiger partial charge in [-0.2, -0.15) is 0 Å². The number of hydrogen-bond acceptors (Lipinski definition) is 6. The van der Waals surface area contributed by atoms with Crippen molar-refractivity contribution >= 4 is 23.0 Å². The molecule has 0 bridgehead atoms. The third-order valence-electron chi connectivity index (χ3n) is 4.66. The van der Waals surface area contributed by atoms with E-state index in [1.807, 2.05) is 6.92 Å². The molecule has 1 aromatic heterocycles. The Labute approximate surface area is 135 Å². The molecular weight excluding hydrogens is 302 g/mol. The fraction of sp³-hybridized carbons (Fsp3) is 0.688. The molecule has 0 radical (unpaired) electrons. The molecule has 2 heterocycles. The van der Waals surface area contributed by atoms with Crippen LogP contribution in [0.15, 0.2) is 6.07 Å². The zero-order chi connectivity index (χ0) is 15.7. The number of methoxy groups -OCH3 is 1. The molecule has 6 heteroatoms. The van der Waals surface area contributed by atoms with Crippen LogP contribution in [-0.4, -0.2) is 45.2 Å². The molecular formula is C16H23NO4S. The van der Waals surface area contributed by atoms with Gasteiger partial charge in [0.25, 0.3) is 0 Å². The van der Waals surface area contributed by atoms with Crippen LogP contribution >= 0.6 is 11.3 Å². The normalized spacial score (nSPS) is 21.2. The molecule has 122 valence electrons. The molecule has 0 unspecified atom stereocenters. The van der Waals surface area contributed by atoms with E-state index in [0.29, 0.717) is 24.1 Å². The van der Waals surface area contributed by atoms with E-state index in [4.69, 9.17) is 14.2 Å². The van der Waals surface area contributed by atoms with Crippen molar-refractivity contribution in [3.8, 4) is 0 Å². The van der Waals surface area contributed by atoms with Crippen LogP contribution in [0.2, 0.25) is 0 Å². The molecule has 1 aromatic rings. The molecule has 1 aliphatic carbocycles. The van der Waals surface area contributed by atoms with E-state index in [2.05, 4.69) is 18.0 Å². The summed E-state index contributed by atoms with van der Waals surface area (Å²) in [4.78, 5) is 16.0. The van der Waals surface area contributed by atoms with Crippen LogP contribution in [-0.2, 0) is 14.2 Å². The molecule has 0 atom stereocenters. The monoisotopic (exact) mass is 325 g/mol. The zero-order valence-corrected chi connectivity index (χ0v) is 14.2. The SMILES string of the molecule is COC(=O)c1sc(C)cc1N(C)C1CCC2(CC1)OCCO2. The highest BCUT2D eigenvalue weighted by atomic mass is 32.1. The largest absolute Gasteiger partial charge is 0.465 e. The van der Waals surface area contributed by atoms with E-state index >= 15 is 0 Å². The lowest BCUT2D eigenvalue weighted by molar-refractivity contribution is -0.178. The fourth-order valence-corrected chi connectivity index (χ4v) is 4.38. The van der Waals surface area contributed by atoms with Crippen LogP contribution in [0.5, 0.6) is 0 Å². The number of hydrogen-bond donors (Lipinski definition) is 0. The average molecular weight is 325 g/mol. The van der Waals surface area contributed by atoms with Gasteiger partial charge in [-0.05, 0) is 25.8 Å². The van der Waals surface area contributed by atoms with Gasteiger partial charge in [0, 0.05) is 30.8 Å². The Morgan fingerprint density at radius 3 is 2.59 bits per heavy atom. The number of anilines is 1. The highest BCUT2D eigenvalue weighted by molar-refractivity contribution is 7.14. The van der Waals surface area contributed by atoms with Gasteiger partial charge in [0.05, 0.1) is 26.0 Å². The van der Waals surface area contributed by atoms with Gasteiger partial charge in [0.15, 0.2) is 5.79 Å². The van der Waals surface area contributed by atoms with E-state index in [0.717, 1.165) is 36.2 Å². The van der Waals surface area contributed by atoms with Crippen LogP contribution in [0, 0.1) is 6.92 Å². The maximum absolute atomic E-state index is 12.0. The van der Waals surface area contributed by atoms with Crippen molar-refractivity contribution in [2.24, 2.45) is 0 Å². The van der Waals surface area contributed by atoms with Crippen molar-refractivity contribution in [1.82, 2.24) is 0 Å². The Balaban J connectivity index is 1.72. The van der Waals surface area contributed by atoms with Crippen molar-refractivity contribution in [2.45, 2.75) is 44.4 Å². The molecule has 1 spiro atoms. The van der Waals surface area contributed by atoms with Crippen molar-refractivity contribution in [1.29, 1.82) is 0 Å². The van der Waals surface area contributed by atoms with E-state index in [9.17, 15) is 4.79 Å². The Kier molecular flexibility index (Phi) is 4.43. The van der Waals surface area contributed by atoms with Gasteiger partial charge in [-0.15, -0.1) is 11.3 Å². The van der Waals surface area contributed by atoms with Crippen LogP contribution < -0.4 is 4.90 Å². The molecule has 1 saturated carbocycles. The van der Waals surface area contributed by atoms with Gasteiger partial charge in [0.2, 0.25) is 0 Å². The zero-order valence-electron chi connectivity index (χ0n) is 13.4. The van der Waals surface area contributed by atoms with Crippen molar-refractivity contribution in [3.05, 3.63) is 15.8 Å². The molecule has 1 saturated heterocycles. The van der Waals surface area contributed by atoms with Gasteiger partial charge < -0.3 is 19.1 Å². The number of ether oxygens (including phenoxy) is 3. The Morgan fingerprint density at radius 2 is 2.00 bits per heavy atom. The Bertz CT molecular complexity index is 540. The molecule has 3 rings (SSSR count). The summed E-state index contributed by atoms with van der Waals surface area (Å²) in [6.07, 6.45) is 3.84. The predicted molar refractivity (Wildman–Crippen MR) is 85.7 cm³/mol. The predicted octanol–water partition coefficient (Wildman–Crippen LogP) is 2.97. The van der Waals surface area contributed by atoms with E-state index < -0.39 is 0 Å². The van der Waals surface area contributed by atoms with E-state index in [1.54, 1.807) is 0 Å². The lowest BCUT2D eigenvalue weighted by Crippen LogP contribution is -2.43. The van der Waals surface area contributed by atoms with Gasteiger partial charge in [-0.3, -0.25) is 0 Å². The summed E-state index contributed by atoms with van der Waals surface area (Å²) in [5, 5.41) is 0. The molecule has 22 heavy (non-hydrogen) atoms. The van der Waals surface area contributed by atoms with Crippen LogP contribution in [0.3, 0.4) is 0 Å². The summed E-state index contributed by atoms with van der Waals surface area (Å²) in [5.41, 5.74) is 0.976. The summed E-state index contributed by atoms with van der Waals surface area (Å²) < 4.78 is 16.5. The molecule has 0 aromatic carbocycles. The number of carbonyl (C=O) groups excluding carboxylic acids is 1. The standard InChI is InChI=1S/C16H23NO4S/c1-11-10-13(14(22-11)15(18)19-3)17(2)12-4-6-16(7-5-12)20-8-9-21-16/h10,12H,4-9H2,1-3H3. The highest BCUT2D eigenvalue weighted by Gasteiger charge is 2.41. The Morgan fingerprint density at radius 1 is 1.36 bits per heavy atom. The minimum absolute atomic E-state index is 0.255. The maximum Gasteiger partial charge on any atom is 0.350 e. The molecule has 0 amide bonds. The first-order valence-corrected chi connectivity index (χ1v) is 8.56. The average Bonchev–Trinajstić information content (AvgIpc) is 3.14. The second kappa shape index (κ2) is 6.18. The summed E-state index contributed by atoms with van der Waals surface area (Å²) in [6, 6.07) is 2.47. The lowest BCUT2D eigenvalue weighted by Gasteiger charge is -2.39. The number of rotatable bonds is 3. The number of nitrogens with zero attached hydrogens (tertiary/aromatic N) is 1. The minimum Gasteiger partial charge on any atom is -0.465 e. The first-order valence-electron chi connectivity index (χ1n) is 7.74. The lowest BCUT2D eigenvalue weighted by atomic mass is 9.89. The Hall–Kier alpha value is -1.11. The van der Waals surface area contributed by atoms with E-state index in [-0.39, 0.29) is 11.8 Å². The summed E-state index contributed by atoms with van der Waals surface area (Å²) >= 11 is 1.49. The number of esters is 1. The van der Waals surface area contributed by atoms with Gasteiger partial charge >= 0.3 is 5.97 Å². The summed E-state index contributed by atoms with van der Waals surface area (Å²) in [7, 11) is 3.49. The topological polar surface area (TPSA) is 48.0 Å². The van der Waals surface area contributed by atoms with Crippen LogP contribution in [0.1, 0.15) is 40.2 Å². The summed E-state index contributed by atoms with van der Waals surface area (Å²) in [6.45, 7) is 3.43. The number of carbonyl (C=O) groups is 1. The minimum atomic E-state index is -0.340. The van der Waals surface area contributed by atoms with Gasteiger partial charge in [-0.25, -0.2) is 4.79 Å². The molecule has 2 aliphatic rings. The van der Waals surface area contributed by atoms with Crippen LogP contribution in [0.4, 0.5) is 5.69 Å². The van der Waals surface area contributed by atoms with Crippen molar-refractivity contribution in [2.75, 3.05) is 32.3 Å². The number of thiophene rings is 1. The second-order valence-corrected chi connectivity index (χ2v) is 7.27. The first-order chi connectivity index (χ1) is 10.5. The third kappa shape index (κ3) is 2.87. The summed E-state index contributed by atoms with van der Waals surface area (Å²) in [5.74, 6) is -0.595. The second-order valence-electron chi connectivity index (χ2n) is 6.01. The van der Waals surface area contributed by atoms with Crippen LogP contribution in [0.25, 0.3) is 0 Å². The molecule has 5 nitrogen and oxygen atoms in total. The third-order valence-corrected chi connectivity index (χ3v) is 5.68. The van der Waals surface area contributed by atoms with Crippen molar-refractivity contribution < 1.29 is 19.0 Å². The molecule has 2 fully saturated rings. The molecule has 1 aliphatic heterocycles. The fourth-order valence-electron chi connectivity index (χ4n) is 3.41.